The van der Waals surface area contributed by atoms with Crippen LogP contribution in [0.5, 0.6) is 0 Å². The van der Waals surface area contributed by atoms with Gasteiger partial charge in [-0.25, -0.2) is 0 Å². The summed E-state index contributed by atoms with van der Waals surface area (Å²) in [5.74, 6) is -1.38. The molecule has 1 atom stereocenters. The largest absolute Gasteiger partial charge is 0.456 e. The van der Waals surface area contributed by atoms with Crippen LogP contribution < -0.4 is 5.32 Å². The minimum atomic E-state index is -4.48. The first-order chi connectivity index (χ1) is 12.2. The van der Waals surface area contributed by atoms with Crippen LogP contribution in [0.15, 0.2) is 48.5 Å². The van der Waals surface area contributed by atoms with Gasteiger partial charge in [0.05, 0.1) is 5.56 Å². The van der Waals surface area contributed by atoms with Crippen LogP contribution >= 0.6 is 11.6 Å². The molecule has 0 saturated heterocycles. The number of hydrogen-bond donors (Lipinski definition) is 1. The van der Waals surface area contributed by atoms with E-state index in [1.54, 1.807) is 31.2 Å². The lowest BCUT2D eigenvalue weighted by atomic mass is 10.1. The summed E-state index contributed by atoms with van der Waals surface area (Å²) in [4.78, 5) is 23.7. The summed E-state index contributed by atoms with van der Waals surface area (Å²) in [7, 11) is 0. The van der Waals surface area contributed by atoms with Crippen molar-refractivity contribution in [2.45, 2.75) is 19.2 Å². The Morgan fingerprint density at radius 3 is 2.31 bits per heavy atom. The smallest absolute Gasteiger partial charge is 0.416 e. The Bertz CT molecular complexity index is 791. The Morgan fingerprint density at radius 2 is 1.73 bits per heavy atom. The first kappa shape index (κ1) is 19.8. The van der Waals surface area contributed by atoms with Crippen LogP contribution in [0.1, 0.15) is 34.5 Å². The minimum Gasteiger partial charge on any atom is -0.456 e. The van der Waals surface area contributed by atoms with Crippen molar-refractivity contribution in [3.63, 3.8) is 0 Å². The Hall–Kier alpha value is -2.54. The van der Waals surface area contributed by atoms with Gasteiger partial charge in [-0.15, -0.1) is 0 Å². The standard InChI is InChI=1S/C18H15ClF3NO3/c1-11(14-4-2-3-5-15(14)19)26-16(24)10-23-17(25)12-6-8-13(9-7-12)18(20,21)22/h2-9,11H,10H2,1H3,(H,23,25)/t11-/m0/s1. The molecule has 0 aliphatic carbocycles. The van der Waals surface area contributed by atoms with Gasteiger partial charge >= 0.3 is 12.1 Å². The zero-order chi connectivity index (χ0) is 19.3. The van der Waals surface area contributed by atoms with E-state index in [9.17, 15) is 22.8 Å². The molecular formula is C18H15ClF3NO3. The maximum Gasteiger partial charge on any atom is 0.416 e. The fourth-order valence-electron chi connectivity index (χ4n) is 2.17. The van der Waals surface area contributed by atoms with E-state index in [0.29, 0.717) is 10.6 Å². The highest BCUT2D eigenvalue weighted by Crippen LogP contribution is 2.29. The summed E-state index contributed by atoms with van der Waals surface area (Å²) < 4.78 is 42.7. The Kier molecular flexibility index (Phi) is 6.26. The van der Waals surface area contributed by atoms with Crippen molar-refractivity contribution in [1.82, 2.24) is 5.32 Å². The van der Waals surface area contributed by atoms with Crippen molar-refractivity contribution in [2.24, 2.45) is 0 Å². The lowest BCUT2D eigenvalue weighted by molar-refractivity contribution is -0.147. The Morgan fingerprint density at radius 1 is 1.12 bits per heavy atom. The number of ether oxygens (including phenoxy) is 1. The lowest BCUT2D eigenvalue weighted by Crippen LogP contribution is -2.31. The molecular weight excluding hydrogens is 371 g/mol. The first-order valence-electron chi connectivity index (χ1n) is 7.58. The quantitative estimate of drug-likeness (QED) is 0.776. The summed E-state index contributed by atoms with van der Waals surface area (Å²) in [6, 6.07) is 10.5. The summed E-state index contributed by atoms with van der Waals surface area (Å²) in [5, 5.41) is 2.75. The van der Waals surface area contributed by atoms with Crippen LogP contribution in [0.3, 0.4) is 0 Å². The fraction of sp³-hybridized carbons (Fsp3) is 0.222. The summed E-state index contributed by atoms with van der Waals surface area (Å²) in [6.45, 7) is 1.21. The van der Waals surface area contributed by atoms with Gasteiger partial charge in [0, 0.05) is 16.1 Å². The molecule has 0 aliphatic heterocycles. The predicted molar refractivity (Wildman–Crippen MR) is 89.7 cm³/mol. The molecule has 0 unspecified atom stereocenters. The molecule has 0 spiro atoms. The number of halogens is 4. The van der Waals surface area contributed by atoms with E-state index in [1.807, 2.05) is 0 Å². The topological polar surface area (TPSA) is 55.4 Å². The third kappa shape index (κ3) is 5.23. The molecule has 0 aromatic heterocycles. The number of carbonyl (C=O) groups excluding carboxylic acids is 2. The van der Waals surface area contributed by atoms with Gasteiger partial charge in [0.2, 0.25) is 0 Å². The van der Waals surface area contributed by atoms with Gasteiger partial charge in [-0.05, 0) is 37.3 Å². The van der Waals surface area contributed by atoms with Gasteiger partial charge in [-0.2, -0.15) is 13.2 Å². The summed E-state index contributed by atoms with van der Waals surface area (Å²) in [5.41, 5.74) is -0.233. The van der Waals surface area contributed by atoms with E-state index < -0.39 is 36.3 Å². The average molecular weight is 386 g/mol. The van der Waals surface area contributed by atoms with Crippen molar-refractivity contribution in [3.8, 4) is 0 Å². The number of amides is 1. The monoisotopic (exact) mass is 385 g/mol. The van der Waals surface area contributed by atoms with Crippen molar-refractivity contribution in [1.29, 1.82) is 0 Å². The molecule has 4 nitrogen and oxygen atoms in total. The minimum absolute atomic E-state index is 0.00459. The normalized spacial score (nSPS) is 12.3. The molecule has 1 amide bonds. The number of carbonyl (C=O) groups is 2. The maximum absolute atomic E-state index is 12.5. The summed E-state index contributed by atoms with van der Waals surface area (Å²) in [6.07, 6.45) is -5.09. The van der Waals surface area contributed by atoms with Crippen LogP contribution in [-0.4, -0.2) is 18.4 Å². The SMILES string of the molecule is C[C@H](OC(=O)CNC(=O)c1ccc(C(F)(F)F)cc1)c1ccccc1Cl. The van der Waals surface area contributed by atoms with E-state index in [0.717, 1.165) is 24.3 Å². The predicted octanol–water partition coefficient (Wildman–Crippen LogP) is 4.39. The van der Waals surface area contributed by atoms with Gasteiger partial charge in [0.15, 0.2) is 0 Å². The van der Waals surface area contributed by atoms with Crippen molar-refractivity contribution >= 4 is 23.5 Å². The molecule has 2 aromatic rings. The third-order valence-corrected chi connectivity index (χ3v) is 3.86. The number of nitrogens with one attached hydrogen (secondary N) is 1. The van der Waals surface area contributed by atoms with E-state index in [4.69, 9.17) is 16.3 Å². The summed E-state index contributed by atoms with van der Waals surface area (Å²) >= 11 is 6.01. The fourth-order valence-corrected chi connectivity index (χ4v) is 2.46. The van der Waals surface area contributed by atoms with E-state index in [-0.39, 0.29) is 5.56 Å². The van der Waals surface area contributed by atoms with Crippen LogP contribution in [-0.2, 0) is 15.7 Å². The zero-order valence-corrected chi connectivity index (χ0v) is 14.4. The molecule has 2 aromatic carbocycles. The lowest BCUT2D eigenvalue weighted by Gasteiger charge is -2.15. The third-order valence-electron chi connectivity index (χ3n) is 3.52. The second-order valence-corrected chi connectivity index (χ2v) is 5.82. The van der Waals surface area contributed by atoms with Crippen LogP contribution in [0.25, 0.3) is 0 Å². The first-order valence-corrected chi connectivity index (χ1v) is 7.95. The highest BCUT2D eigenvalue weighted by molar-refractivity contribution is 6.31. The van der Waals surface area contributed by atoms with E-state index in [2.05, 4.69) is 5.32 Å². The molecule has 8 heteroatoms. The van der Waals surface area contributed by atoms with Crippen molar-refractivity contribution in [3.05, 3.63) is 70.2 Å². The second kappa shape index (κ2) is 8.23. The number of benzene rings is 2. The number of rotatable bonds is 5. The molecule has 138 valence electrons. The molecule has 1 N–H and O–H groups in total. The highest BCUT2D eigenvalue weighted by Gasteiger charge is 2.30. The molecule has 26 heavy (non-hydrogen) atoms. The number of alkyl halides is 3. The average Bonchev–Trinajstić information content (AvgIpc) is 2.59. The van der Waals surface area contributed by atoms with E-state index >= 15 is 0 Å². The van der Waals surface area contributed by atoms with Gasteiger partial charge in [-0.1, -0.05) is 29.8 Å². The van der Waals surface area contributed by atoms with E-state index in [1.165, 1.54) is 0 Å². The van der Waals surface area contributed by atoms with Gasteiger partial charge in [-0.3, -0.25) is 9.59 Å². The van der Waals surface area contributed by atoms with Crippen molar-refractivity contribution < 1.29 is 27.5 Å². The maximum atomic E-state index is 12.5. The molecule has 0 heterocycles. The Labute approximate surface area is 152 Å². The van der Waals surface area contributed by atoms with Crippen LogP contribution in [0.4, 0.5) is 13.2 Å². The van der Waals surface area contributed by atoms with Crippen LogP contribution in [0, 0.1) is 0 Å². The van der Waals surface area contributed by atoms with Crippen molar-refractivity contribution in [2.75, 3.05) is 6.54 Å². The van der Waals surface area contributed by atoms with Gasteiger partial charge in [0.1, 0.15) is 12.6 Å². The molecule has 0 aliphatic rings. The molecule has 0 fully saturated rings. The van der Waals surface area contributed by atoms with Gasteiger partial charge in [0.25, 0.3) is 5.91 Å². The molecule has 2 rings (SSSR count). The molecule has 0 bridgehead atoms. The second-order valence-electron chi connectivity index (χ2n) is 5.41. The zero-order valence-electron chi connectivity index (χ0n) is 13.6. The Balaban J connectivity index is 1.89. The van der Waals surface area contributed by atoms with Crippen LogP contribution in [0.2, 0.25) is 5.02 Å². The number of esters is 1. The number of hydrogen-bond acceptors (Lipinski definition) is 3. The molecule has 0 radical (unpaired) electrons. The molecule has 0 saturated carbocycles. The highest BCUT2D eigenvalue weighted by atomic mass is 35.5. The van der Waals surface area contributed by atoms with Gasteiger partial charge < -0.3 is 10.1 Å².